The summed E-state index contributed by atoms with van der Waals surface area (Å²) in [5.74, 6) is 1.72. The van der Waals surface area contributed by atoms with E-state index in [0.717, 1.165) is 29.4 Å². The number of ether oxygens (including phenoxy) is 1. The van der Waals surface area contributed by atoms with Crippen LogP contribution in [0.4, 0.5) is 22.1 Å². The number of azo groups is 1. The van der Waals surface area contributed by atoms with Gasteiger partial charge in [0.25, 0.3) is 0 Å². The highest BCUT2D eigenvalue weighted by molar-refractivity contribution is 5.99. The molecule has 26 heavy (non-hydrogen) atoms. The smallest absolute Gasteiger partial charge is 0.364 e. The predicted octanol–water partition coefficient (Wildman–Crippen LogP) is 5.24. The standard InChI is InChI=1S/C19H21N5O2/c1-2-3-12-26-14-10-8-13(9-11-14)21-19(25)24-23-18-16-7-5-4-6-15(16)17(20)22-18/h4-11,22H,2-3,12,20H2,1H3,(H,21,25)/b24-23+. The van der Waals surface area contributed by atoms with Crippen molar-refractivity contribution >= 4 is 34.1 Å². The van der Waals surface area contributed by atoms with Crippen LogP contribution in [0.25, 0.3) is 10.8 Å². The van der Waals surface area contributed by atoms with E-state index in [1.165, 1.54) is 0 Å². The van der Waals surface area contributed by atoms with Crippen LogP contribution in [0.15, 0.2) is 58.8 Å². The van der Waals surface area contributed by atoms with E-state index >= 15 is 0 Å². The summed E-state index contributed by atoms with van der Waals surface area (Å²) < 4.78 is 5.58. The first-order valence-electron chi connectivity index (χ1n) is 8.49. The van der Waals surface area contributed by atoms with Gasteiger partial charge in [-0.3, -0.25) is 0 Å². The van der Waals surface area contributed by atoms with E-state index < -0.39 is 6.03 Å². The van der Waals surface area contributed by atoms with Crippen LogP contribution in [-0.2, 0) is 0 Å². The van der Waals surface area contributed by atoms with Gasteiger partial charge >= 0.3 is 6.03 Å². The number of aromatic amines is 1. The zero-order valence-corrected chi connectivity index (χ0v) is 14.5. The van der Waals surface area contributed by atoms with E-state index in [2.05, 4.69) is 27.5 Å². The minimum Gasteiger partial charge on any atom is -0.494 e. The number of hydrogen-bond acceptors (Lipinski definition) is 4. The van der Waals surface area contributed by atoms with Gasteiger partial charge in [0.1, 0.15) is 11.6 Å². The minimum absolute atomic E-state index is 0.452. The minimum atomic E-state index is -0.568. The number of carbonyl (C=O) groups is 1. The summed E-state index contributed by atoms with van der Waals surface area (Å²) >= 11 is 0. The molecule has 0 atom stereocenters. The van der Waals surface area contributed by atoms with Crippen LogP contribution in [0.5, 0.6) is 5.75 Å². The fourth-order valence-electron chi connectivity index (χ4n) is 2.48. The first-order valence-corrected chi connectivity index (χ1v) is 8.49. The van der Waals surface area contributed by atoms with Crippen molar-refractivity contribution in [3.05, 3.63) is 48.5 Å². The van der Waals surface area contributed by atoms with E-state index in [-0.39, 0.29) is 0 Å². The molecule has 3 rings (SSSR count). The summed E-state index contributed by atoms with van der Waals surface area (Å²) in [5, 5.41) is 12.0. The second-order valence-corrected chi connectivity index (χ2v) is 5.79. The molecule has 0 aliphatic rings. The third-order valence-corrected chi connectivity index (χ3v) is 3.84. The van der Waals surface area contributed by atoms with E-state index in [9.17, 15) is 4.79 Å². The molecule has 4 N–H and O–H groups in total. The lowest BCUT2D eigenvalue weighted by Crippen LogP contribution is -2.05. The Morgan fingerprint density at radius 2 is 1.88 bits per heavy atom. The number of amides is 2. The lowest BCUT2D eigenvalue weighted by molar-refractivity contribution is 0.258. The van der Waals surface area contributed by atoms with Crippen molar-refractivity contribution in [2.45, 2.75) is 19.8 Å². The van der Waals surface area contributed by atoms with Crippen molar-refractivity contribution in [2.24, 2.45) is 10.2 Å². The predicted molar refractivity (Wildman–Crippen MR) is 103 cm³/mol. The number of H-pyrrole nitrogens is 1. The molecule has 1 heterocycles. The second kappa shape index (κ2) is 8.15. The molecule has 2 aromatic carbocycles. The van der Waals surface area contributed by atoms with Crippen LogP contribution in [0, 0.1) is 0 Å². The molecular weight excluding hydrogens is 330 g/mol. The Bertz CT molecular complexity index is 915. The SMILES string of the molecule is CCCCOc1ccc(NC(=O)/N=N/c2[nH]c(N)c3ccccc23)cc1. The van der Waals surface area contributed by atoms with Crippen LogP contribution in [-0.4, -0.2) is 17.6 Å². The fourth-order valence-corrected chi connectivity index (χ4v) is 2.48. The number of benzene rings is 2. The molecule has 0 bridgehead atoms. The maximum absolute atomic E-state index is 12.0. The number of nitrogens with zero attached hydrogens (tertiary/aromatic N) is 2. The highest BCUT2D eigenvalue weighted by atomic mass is 16.5. The molecule has 7 nitrogen and oxygen atoms in total. The highest BCUT2D eigenvalue weighted by Crippen LogP contribution is 2.30. The normalized spacial score (nSPS) is 11.1. The Hall–Kier alpha value is -3.35. The molecule has 0 unspecified atom stereocenters. The van der Waals surface area contributed by atoms with Gasteiger partial charge < -0.3 is 20.8 Å². The number of fused-ring (bicyclic) bond motifs is 1. The number of nitrogens with two attached hydrogens (primary N) is 1. The van der Waals surface area contributed by atoms with E-state index in [0.29, 0.717) is 23.9 Å². The quantitative estimate of drug-likeness (QED) is 0.417. The van der Waals surface area contributed by atoms with Crippen molar-refractivity contribution in [1.29, 1.82) is 0 Å². The van der Waals surface area contributed by atoms with E-state index in [1.807, 2.05) is 36.4 Å². The number of anilines is 2. The largest absolute Gasteiger partial charge is 0.494 e. The van der Waals surface area contributed by atoms with Crippen molar-refractivity contribution in [3.63, 3.8) is 0 Å². The molecule has 1 aromatic heterocycles. The van der Waals surface area contributed by atoms with Gasteiger partial charge in [0, 0.05) is 16.5 Å². The molecule has 0 fully saturated rings. The lowest BCUT2D eigenvalue weighted by Gasteiger charge is -2.06. The number of hydrogen-bond donors (Lipinski definition) is 3. The average Bonchev–Trinajstić information content (AvgIpc) is 2.98. The first kappa shape index (κ1) is 17.5. The van der Waals surface area contributed by atoms with Gasteiger partial charge in [0.15, 0.2) is 5.82 Å². The van der Waals surface area contributed by atoms with Gasteiger partial charge in [0.05, 0.1) is 6.61 Å². The number of unbranched alkanes of at least 4 members (excludes halogenated alkanes) is 1. The fraction of sp³-hybridized carbons (Fsp3) is 0.211. The van der Waals surface area contributed by atoms with E-state index in [1.54, 1.807) is 12.1 Å². The Labute approximate surface area is 151 Å². The molecule has 3 aromatic rings. The number of carbonyl (C=O) groups excluding carboxylic acids is 1. The highest BCUT2D eigenvalue weighted by Gasteiger charge is 2.07. The summed E-state index contributed by atoms with van der Waals surface area (Å²) in [6.07, 6.45) is 2.09. The van der Waals surface area contributed by atoms with Crippen LogP contribution in [0.3, 0.4) is 0 Å². The van der Waals surface area contributed by atoms with Gasteiger partial charge in [-0.05, 0) is 30.7 Å². The Morgan fingerprint density at radius 3 is 2.62 bits per heavy atom. The first-order chi connectivity index (χ1) is 12.7. The molecule has 0 spiro atoms. The molecule has 134 valence electrons. The molecule has 0 aliphatic carbocycles. The number of rotatable bonds is 6. The number of urea groups is 1. The van der Waals surface area contributed by atoms with Gasteiger partial charge in [-0.15, -0.1) is 5.11 Å². The topological polar surface area (TPSA) is 105 Å². The monoisotopic (exact) mass is 351 g/mol. The summed E-state index contributed by atoms with van der Waals surface area (Å²) in [6.45, 7) is 2.80. The van der Waals surface area contributed by atoms with Crippen molar-refractivity contribution in [2.75, 3.05) is 17.7 Å². The maximum atomic E-state index is 12.0. The van der Waals surface area contributed by atoms with Crippen LogP contribution in [0.1, 0.15) is 19.8 Å². The van der Waals surface area contributed by atoms with Crippen LogP contribution < -0.4 is 15.8 Å². The molecule has 0 radical (unpaired) electrons. The Morgan fingerprint density at radius 1 is 1.15 bits per heavy atom. The summed E-state index contributed by atoms with van der Waals surface area (Å²) in [6, 6.07) is 14.1. The van der Waals surface area contributed by atoms with Gasteiger partial charge in [-0.25, -0.2) is 4.79 Å². The summed E-state index contributed by atoms with van der Waals surface area (Å²) in [5.41, 5.74) is 6.51. The zero-order valence-electron chi connectivity index (χ0n) is 14.5. The average molecular weight is 351 g/mol. The zero-order chi connectivity index (χ0) is 18.4. The maximum Gasteiger partial charge on any atom is 0.364 e. The Kier molecular flexibility index (Phi) is 5.48. The molecule has 0 saturated carbocycles. The van der Waals surface area contributed by atoms with Gasteiger partial charge in [0.2, 0.25) is 0 Å². The van der Waals surface area contributed by atoms with Crippen molar-refractivity contribution < 1.29 is 9.53 Å². The lowest BCUT2D eigenvalue weighted by atomic mass is 10.2. The van der Waals surface area contributed by atoms with Crippen LogP contribution >= 0.6 is 0 Å². The van der Waals surface area contributed by atoms with Crippen LogP contribution in [0.2, 0.25) is 0 Å². The van der Waals surface area contributed by atoms with Crippen molar-refractivity contribution in [1.82, 2.24) is 4.98 Å². The third kappa shape index (κ3) is 4.18. The Balaban J connectivity index is 1.62. The van der Waals surface area contributed by atoms with E-state index in [4.69, 9.17) is 10.5 Å². The molecule has 0 aliphatic heterocycles. The van der Waals surface area contributed by atoms with Gasteiger partial charge in [-0.2, -0.15) is 0 Å². The second-order valence-electron chi connectivity index (χ2n) is 5.79. The number of nitrogens with one attached hydrogen (secondary N) is 2. The molecule has 7 heteroatoms. The number of nitrogen functional groups attached to an aromatic ring is 1. The molecular formula is C19H21N5O2. The molecule has 2 amide bonds. The van der Waals surface area contributed by atoms with Gasteiger partial charge in [-0.1, -0.05) is 42.7 Å². The summed E-state index contributed by atoms with van der Waals surface area (Å²) in [7, 11) is 0. The number of aromatic nitrogens is 1. The molecule has 0 saturated heterocycles. The third-order valence-electron chi connectivity index (χ3n) is 3.84. The summed E-state index contributed by atoms with van der Waals surface area (Å²) in [4.78, 5) is 14.9. The van der Waals surface area contributed by atoms with Crippen molar-refractivity contribution in [3.8, 4) is 5.75 Å².